The maximum Gasteiger partial charge on any atom is 0.268 e. The second kappa shape index (κ2) is 2.69. The van der Waals surface area contributed by atoms with E-state index in [1.165, 1.54) is 0 Å². The Kier molecular flexibility index (Phi) is 1.67. The van der Waals surface area contributed by atoms with Crippen molar-refractivity contribution in [3.63, 3.8) is 0 Å². The van der Waals surface area contributed by atoms with Gasteiger partial charge in [0.05, 0.1) is 5.69 Å². The van der Waals surface area contributed by atoms with Gasteiger partial charge in [-0.15, -0.1) is 0 Å². The first-order valence-corrected chi connectivity index (χ1v) is 3.89. The molecule has 0 unspecified atom stereocenters. The number of nitrogens with two attached hydrogens (primary N) is 1. The van der Waals surface area contributed by atoms with Crippen LogP contribution in [0, 0.1) is 4.84 Å². The van der Waals surface area contributed by atoms with Crippen molar-refractivity contribution in [1.29, 1.82) is 0 Å². The van der Waals surface area contributed by atoms with Crippen molar-refractivity contribution in [3.05, 3.63) is 22.7 Å². The third-order valence-corrected chi connectivity index (χ3v) is 1.73. The lowest BCUT2D eigenvalue weighted by Gasteiger charge is -1.92. The van der Waals surface area contributed by atoms with E-state index < -0.39 is 0 Å². The summed E-state index contributed by atoms with van der Waals surface area (Å²) in [4.78, 5) is 7.33. The molecule has 0 spiro atoms. The number of aromatic amines is 1. The average molecular weight is 181 g/mol. The van der Waals surface area contributed by atoms with Crippen molar-refractivity contribution >= 4 is 23.4 Å². The molecule has 0 saturated carbocycles. The molecule has 0 saturated heterocycles. The van der Waals surface area contributed by atoms with Crippen LogP contribution >= 0.6 is 12.2 Å². The summed E-state index contributed by atoms with van der Waals surface area (Å²) in [5, 5.41) is 0. The van der Waals surface area contributed by atoms with Gasteiger partial charge in [0.25, 0.3) is 4.84 Å². The quantitative estimate of drug-likeness (QED) is 0.651. The number of pyridine rings is 1. The second-order valence-electron chi connectivity index (χ2n) is 2.37. The highest BCUT2D eigenvalue weighted by Crippen LogP contribution is 2.10. The third kappa shape index (κ3) is 1.13. The number of oxazole rings is 1. The number of aromatic nitrogens is 2. The summed E-state index contributed by atoms with van der Waals surface area (Å²) in [6.07, 6.45) is 0. The van der Waals surface area contributed by atoms with E-state index in [2.05, 4.69) is 9.97 Å². The monoisotopic (exact) mass is 181 g/mol. The van der Waals surface area contributed by atoms with Crippen molar-refractivity contribution in [2.24, 2.45) is 5.73 Å². The molecule has 0 amide bonds. The number of nitrogens with zero attached hydrogens (tertiary/aromatic N) is 1. The molecule has 0 bridgehead atoms. The van der Waals surface area contributed by atoms with Gasteiger partial charge in [0, 0.05) is 6.54 Å². The topological polar surface area (TPSA) is 67.8 Å². The van der Waals surface area contributed by atoms with Crippen LogP contribution < -0.4 is 5.73 Å². The van der Waals surface area contributed by atoms with E-state index in [4.69, 9.17) is 22.4 Å². The average Bonchev–Trinajstić information content (AvgIpc) is 2.43. The molecular formula is C7H7N3OS. The van der Waals surface area contributed by atoms with Crippen molar-refractivity contribution < 1.29 is 4.42 Å². The standard InChI is InChI=1S/C7H7N3OS/c8-3-4-1-2-5-6(9-4)10-7(12)11-5/h1-2H,3,8H2,(H,9,10,12). The van der Waals surface area contributed by atoms with Gasteiger partial charge in [0.2, 0.25) is 0 Å². The van der Waals surface area contributed by atoms with Crippen molar-refractivity contribution in [2.75, 3.05) is 0 Å². The molecule has 2 aromatic heterocycles. The van der Waals surface area contributed by atoms with Crippen LogP contribution in [0.4, 0.5) is 0 Å². The van der Waals surface area contributed by atoms with Gasteiger partial charge in [-0.3, -0.25) is 4.98 Å². The van der Waals surface area contributed by atoms with E-state index in [0.717, 1.165) is 5.69 Å². The maximum absolute atomic E-state index is 5.41. The zero-order chi connectivity index (χ0) is 8.55. The van der Waals surface area contributed by atoms with Crippen LogP contribution in [-0.2, 0) is 6.54 Å². The van der Waals surface area contributed by atoms with Gasteiger partial charge in [0.1, 0.15) is 0 Å². The minimum atomic E-state index is 0.340. The summed E-state index contributed by atoms with van der Waals surface area (Å²) in [7, 11) is 0. The molecule has 2 heterocycles. The molecule has 5 heteroatoms. The Morgan fingerprint density at radius 2 is 2.42 bits per heavy atom. The fourth-order valence-corrected chi connectivity index (χ4v) is 1.18. The summed E-state index contributed by atoms with van der Waals surface area (Å²) in [6.45, 7) is 0.418. The van der Waals surface area contributed by atoms with Crippen molar-refractivity contribution in [2.45, 2.75) is 6.54 Å². The molecule has 4 nitrogen and oxygen atoms in total. The van der Waals surface area contributed by atoms with Crippen LogP contribution in [0.15, 0.2) is 16.5 Å². The van der Waals surface area contributed by atoms with E-state index in [1.54, 1.807) is 6.07 Å². The molecule has 0 aromatic carbocycles. The lowest BCUT2D eigenvalue weighted by Crippen LogP contribution is -1.98. The Bertz CT molecular complexity index is 459. The van der Waals surface area contributed by atoms with Gasteiger partial charge in [-0.25, -0.2) is 4.98 Å². The highest BCUT2D eigenvalue weighted by molar-refractivity contribution is 7.71. The molecule has 0 radical (unpaired) electrons. The molecule has 0 aliphatic rings. The first-order chi connectivity index (χ1) is 5.79. The molecule has 0 aliphatic heterocycles. The second-order valence-corrected chi connectivity index (χ2v) is 2.74. The van der Waals surface area contributed by atoms with Gasteiger partial charge in [-0.05, 0) is 24.4 Å². The summed E-state index contributed by atoms with van der Waals surface area (Å²) in [6, 6.07) is 3.62. The molecule has 3 N–H and O–H groups in total. The number of nitrogens with one attached hydrogen (secondary N) is 1. The highest BCUT2D eigenvalue weighted by Gasteiger charge is 1.99. The fraction of sp³-hybridized carbons (Fsp3) is 0.143. The zero-order valence-electron chi connectivity index (χ0n) is 6.20. The minimum Gasteiger partial charge on any atom is -0.428 e. The molecule has 0 aliphatic carbocycles. The minimum absolute atomic E-state index is 0.340. The maximum atomic E-state index is 5.41. The lowest BCUT2D eigenvalue weighted by atomic mass is 10.3. The Balaban J connectivity index is 2.74. The Morgan fingerprint density at radius 3 is 3.17 bits per heavy atom. The van der Waals surface area contributed by atoms with Gasteiger partial charge in [-0.2, -0.15) is 0 Å². The SMILES string of the molecule is NCc1ccc2oc(=S)[nH]c2n1. The Labute approximate surface area is 73.4 Å². The molecule has 2 aromatic rings. The van der Waals surface area contributed by atoms with E-state index in [1.807, 2.05) is 6.07 Å². The van der Waals surface area contributed by atoms with Crippen molar-refractivity contribution in [1.82, 2.24) is 9.97 Å². The predicted octanol–water partition coefficient (Wildman–Crippen LogP) is 1.34. The van der Waals surface area contributed by atoms with Gasteiger partial charge < -0.3 is 10.2 Å². The first-order valence-electron chi connectivity index (χ1n) is 3.48. The van der Waals surface area contributed by atoms with Crippen LogP contribution in [0.1, 0.15) is 5.69 Å². The van der Waals surface area contributed by atoms with Gasteiger partial charge >= 0.3 is 0 Å². The van der Waals surface area contributed by atoms with Crippen LogP contribution in [0.2, 0.25) is 0 Å². The first kappa shape index (κ1) is 7.45. The van der Waals surface area contributed by atoms with Crippen LogP contribution in [0.3, 0.4) is 0 Å². The van der Waals surface area contributed by atoms with E-state index >= 15 is 0 Å². The van der Waals surface area contributed by atoms with Gasteiger partial charge in [0.15, 0.2) is 11.2 Å². The lowest BCUT2D eigenvalue weighted by molar-refractivity contribution is 0.583. The summed E-state index contributed by atoms with van der Waals surface area (Å²) in [5.74, 6) is 0. The predicted molar refractivity (Wildman–Crippen MR) is 47.1 cm³/mol. The van der Waals surface area contributed by atoms with Crippen LogP contribution in [0.25, 0.3) is 11.2 Å². The smallest absolute Gasteiger partial charge is 0.268 e. The molecule has 0 atom stereocenters. The molecule has 0 fully saturated rings. The molecular weight excluding hydrogens is 174 g/mol. The largest absolute Gasteiger partial charge is 0.428 e. The summed E-state index contributed by atoms with van der Waals surface area (Å²) < 4.78 is 5.12. The molecule has 2 rings (SSSR count). The highest BCUT2D eigenvalue weighted by atomic mass is 32.1. The normalized spacial score (nSPS) is 10.8. The Hall–Kier alpha value is -1.20. The van der Waals surface area contributed by atoms with Gasteiger partial charge in [-0.1, -0.05) is 0 Å². The zero-order valence-corrected chi connectivity index (χ0v) is 7.02. The number of hydrogen-bond acceptors (Lipinski definition) is 4. The molecule has 62 valence electrons. The van der Waals surface area contributed by atoms with Crippen LogP contribution in [-0.4, -0.2) is 9.97 Å². The fourth-order valence-electron chi connectivity index (χ4n) is 0.994. The number of fused-ring (bicyclic) bond motifs is 1. The van der Waals surface area contributed by atoms with Crippen LogP contribution in [0.5, 0.6) is 0 Å². The number of rotatable bonds is 1. The number of H-pyrrole nitrogens is 1. The molecule has 12 heavy (non-hydrogen) atoms. The van der Waals surface area contributed by atoms with E-state index in [0.29, 0.717) is 22.6 Å². The van der Waals surface area contributed by atoms with Crippen molar-refractivity contribution in [3.8, 4) is 0 Å². The van der Waals surface area contributed by atoms with E-state index in [9.17, 15) is 0 Å². The summed E-state index contributed by atoms with van der Waals surface area (Å²) in [5.41, 5.74) is 7.55. The number of hydrogen-bond donors (Lipinski definition) is 2. The van der Waals surface area contributed by atoms with E-state index in [-0.39, 0.29) is 0 Å². The Morgan fingerprint density at radius 1 is 1.58 bits per heavy atom. The summed E-state index contributed by atoms with van der Waals surface area (Å²) >= 11 is 4.80. The third-order valence-electron chi connectivity index (χ3n) is 1.55.